The lowest BCUT2D eigenvalue weighted by Crippen LogP contribution is -2.32. The number of halogens is 4. The number of anilines is 2. The molecule has 0 aliphatic rings. The van der Waals surface area contributed by atoms with Gasteiger partial charge >= 0.3 is 18.1 Å². The summed E-state index contributed by atoms with van der Waals surface area (Å²) in [5.41, 5.74) is 1.64. The number of hydrogen-bond donors (Lipinski definition) is 3. The molecular weight excluding hydrogens is 557 g/mol. The summed E-state index contributed by atoms with van der Waals surface area (Å²) in [6.07, 6.45) is -3.19. The number of carbonyl (C=O) groups excluding carboxylic acids is 2. The SMILES string of the molecule is CCN(CC)CCONC(=O)c1nccc(Sc2ccc(NC(=O)Nc3ccc(Cl)c(C(F)(F)F)c3)cc2)n1. The van der Waals surface area contributed by atoms with Crippen LogP contribution >= 0.6 is 23.4 Å². The first-order chi connectivity index (χ1) is 18.6. The molecule has 3 amide bonds. The van der Waals surface area contributed by atoms with Crippen LogP contribution in [0.1, 0.15) is 30.0 Å². The quantitative estimate of drug-likeness (QED) is 0.146. The molecule has 0 aliphatic carbocycles. The first-order valence-corrected chi connectivity index (χ1v) is 13.0. The Labute approximate surface area is 232 Å². The van der Waals surface area contributed by atoms with E-state index >= 15 is 0 Å². The van der Waals surface area contributed by atoms with Crippen LogP contribution in [0.15, 0.2) is 64.6 Å². The van der Waals surface area contributed by atoms with Crippen LogP contribution in [0, 0.1) is 0 Å². The van der Waals surface area contributed by atoms with E-state index < -0.39 is 28.7 Å². The molecule has 3 rings (SSSR count). The fraction of sp³-hybridized carbons (Fsp3) is 0.280. The number of urea groups is 1. The Morgan fingerprint density at radius 1 is 1.03 bits per heavy atom. The number of likely N-dealkylation sites (N-methyl/N-ethyl adjacent to an activating group) is 1. The first kappa shape index (κ1) is 30.2. The summed E-state index contributed by atoms with van der Waals surface area (Å²) < 4.78 is 39.1. The van der Waals surface area contributed by atoms with E-state index in [1.807, 2.05) is 13.8 Å². The second-order valence-corrected chi connectivity index (χ2v) is 9.42. The Bertz CT molecular complexity index is 1280. The van der Waals surface area contributed by atoms with Gasteiger partial charge in [0.05, 0.1) is 17.2 Å². The van der Waals surface area contributed by atoms with E-state index in [9.17, 15) is 22.8 Å². The molecule has 0 unspecified atom stereocenters. The third kappa shape index (κ3) is 9.39. The van der Waals surface area contributed by atoms with Gasteiger partial charge in [-0.1, -0.05) is 37.2 Å². The second kappa shape index (κ2) is 14.1. The summed E-state index contributed by atoms with van der Waals surface area (Å²) in [5, 5.41) is 4.95. The number of nitrogens with one attached hydrogen (secondary N) is 3. The number of amides is 3. The zero-order valence-electron chi connectivity index (χ0n) is 21.0. The van der Waals surface area contributed by atoms with Gasteiger partial charge in [0, 0.05) is 29.0 Å². The average molecular weight is 583 g/mol. The summed E-state index contributed by atoms with van der Waals surface area (Å²) in [5.74, 6) is -0.612. The van der Waals surface area contributed by atoms with Gasteiger partial charge in [0.25, 0.3) is 0 Å². The second-order valence-electron chi connectivity index (χ2n) is 7.92. The number of hydroxylamine groups is 1. The molecule has 208 valence electrons. The Hall–Kier alpha value is -3.39. The maximum Gasteiger partial charge on any atom is 0.417 e. The summed E-state index contributed by atoms with van der Waals surface area (Å²) in [6, 6.07) is 10.7. The molecule has 0 aliphatic heterocycles. The topological polar surface area (TPSA) is 108 Å². The minimum absolute atomic E-state index is 0.0475. The maximum absolute atomic E-state index is 13.0. The lowest BCUT2D eigenvalue weighted by molar-refractivity contribution is -0.137. The first-order valence-electron chi connectivity index (χ1n) is 11.8. The van der Waals surface area contributed by atoms with Gasteiger partial charge in [0.2, 0.25) is 5.82 Å². The number of alkyl halides is 3. The average Bonchev–Trinajstić information content (AvgIpc) is 2.90. The van der Waals surface area contributed by atoms with Crippen molar-refractivity contribution in [3.8, 4) is 0 Å². The maximum atomic E-state index is 13.0. The molecule has 1 aromatic heterocycles. The molecule has 0 spiro atoms. The number of hydrogen-bond acceptors (Lipinski definition) is 7. The Balaban J connectivity index is 1.53. The molecule has 0 bridgehead atoms. The van der Waals surface area contributed by atoms with Crippen molar-refractivity contribution in [2.24, 2.45) is 0 Å². The molecule has 0 saturated carbocycles. The van der Waals surface area contributed by atoms with Gasteiger partial charge in [-0.2, -0.15) is 13.2 Å². The van der Waals surface area contributed by atoms with E-state index in [-0.39, 0.29) is 11.5 Å². The minimum Gasteiger partial charge on any atom is -0.308 e. The van der Waals surface area contributed by atoms with Crippen molar-refractivity contribution >= 4 is 46.7 Å². The molecule has 0 atom stereocenters. The van der Waals surface area contributed by atoms with Gasteiger partial charge in [-0.15, -0.1) is 0 Å². The molecule has 2 aromatic carbocycles. The van der Waals surface area contributed by atoms with Crippen molar-refractivity contribution < 1.29 is 27.6 Å². The molecule has 1 heterocycles. The number of nitrogens with zero attached hydrogens (tertiary/aromatic N) is 3. The van der Waals surface area contributed by atoms with Crippen LogP contribution < -0.4 is 16.1 Å². The van der Waals surface area contributed by atoms with Gasteiger partial charge in [0.15, 0.2) is 0 Å². The fourth-order valence-electron chi connectivity index (χ4n) is 3.23. The lowest BCUT2D eigenvalue weighted by atomic mass is 10.2. The molecule has 3 aromatic rings. The standard InChI is InChI=1S/C25H26ClF3N6O3S/c1-3-35(4-2)13-14-38-34-23(36)22-30-12-11-21(33-22)39-18-8-5-16(6-9-18)31-24(37)32-17-7-10-20(26)19(15-17)25(27,28)29/h5-12,15H,3-4,13-14H2,1-2H3,(H,34,36)(H2,31,32,37). The van der Waals surface area contributed by atoms with E-state index in [4.69, 9.17) is 16.4 Å². The Kier molecular flexibility index (Phi) is 10.9. The number of aromatic nitrogens is 2. The molecule has 0 saturated heterocycles. The molecule has 9 nitrogen and oxygen atoms in total. The highest BCUT2D eigenvalue weighted by molar-refractivity contribution is 7.99. The van der Waals surface area contributed by atoms with Gasteiger partial charge in [-0.05, 0) is 61.6 Å². The molecular formula is C25H26ClF3N6O3S. The molecule has 14 heteroatoms. The largest absolute Gasteiger partial charge is 0.417 e. The van der Waals surface area contributed by atoms with Gasteiger partial charge in [-0.3, -0.25) is 9.63 Å². The molecule has 39 heavy (non-hydrogen) atoms. The normalized spacial score (nSPS) is 11.4. The van der Waals surface area contributed by atoms with E-state index in [0.29, 0.717) is 23.9 Å². The summed E-state index contributed by atoms with van der Waals surface area (Å²) in [7, 11) is 0. The monoisotopic (exact) mass is 582 g/mol. The lowest BCUT2D eigenvalue weighted by Gasteiger charge is -2.17. The van der Waals surface area contributed by atoms with Crippen molar-refractivity contribution in [2.75, 3.05) is 36.9 Å². The zero-order chi connectivity index (χ0) is 28.4. The third-order valence-corrected chi connectivity index (χ3v) is 6.54. The van der Waals surface area contributed by atoms with Gasteiger partial charge < -0.3 is 15.5 Å². The molecule has 0 fully saturated rings. The smallest absolute Gasteiger partial charge is 0.308 e. The van der Waals surface area contributed by atoms with Gasteiger partial charge in [-0.25, -0.2) is 20.2 Å². The van der Waals surface area contributed by atoms with Crippen LogP contribution in [0.2, 0.25) is 5.02 Å². The van der Waals surface area contributed by atoms with Crippen LogP contribution in [0.25, 0.3) is 0 Å². The molecule has 0 radical (unpaired) electrons. The zero-order valence-corrected chi connectivity index (χ0v) is 22.6. The molecule has 3 N–H and O–H groups in total. The van der Waals surface area contributed by atoms with Crippen molar-refractivity contribution in [3.05, 3.63) is 71.1 Å². The highest BCUT2D eigenvalue weighted by Crippen LogP contribution is 2.36. The van der Waals surface area contributed by atoms with E-state index in [1.54, 1.807) is 30.3 Å². The van der Waals surface area contributed by atoms with Crippen LogP contribution in [0.3, 0.4) is 0 Å². The van der Waals surface area contributed by atoms with Gasteiger partial charge in [0.1, 0.15) is 5.03 Å². The van der Waals surface area contributed by atoms with E-state index in [2.05, 4.69) is 31.0 Å². The highest BCUT2D eigenvalue weighted by Gasteiger charge is 2.33. The third-order valence-electron chi connectivity index (χ3n) is 5.27. The van der Waals surface area contributed by atoms with Crippen molar-refractivity contribution in [1.82, 2.24) is 20.3 Å². The minimum atomic E-state index is -4.65. The summed E-state index contributed by atoms with van der Waals surface area (Å²) in [6.45, 7) is 6.86. The highest BCUT2D eigenvalue weighted by atomic mass is 35.5. The van der Waals surface area contributed by atoms with Crippen LogP contribution in [-0.2, 0) is 11.0 Å². The van der Waals surface area contributed by atoms with Crippen LogP contribution in [-0.4, -0.2) is 53.0 Å². The van der Waals surface area contributed by atoms with Crippen LogP contribution in [0.5, 0.6) is 0 Å². The Morgan fingerprint density at radius 3 is 2.36 bits per heavy atom. The van der Waals surface area contributed by atoms with Crippen molar-refractivity contribution in [1.29, 1.82) is 0 Å². The van der Waals surface area contributed by atoms with E-state index in [1.165, 1.54) is 24.0 Å². The number of rotatable bonds is 11. The van der Waals surface area contributed by atoms with Crippen molar-refractivity contribution in [3.63, 3.8) is 0 Å². The van der Waals surface area contributed by atoms with Crippen LogP contribution in [0.4, 0.5) is 29.3 Å². The summed E-state index contributed by atoms with van der Waals surface area (Å²) in [4.78, 5) is 40.9. The predicted molar refractivity (Wildman–Crippen MR) is 143 cm³/mol. The summed E-state index contributed by atoms with van der Waals surface area (Å²) >= 11 is 6.87. The van der Waals surface area contributed by atoms with E-state index in [0.717, 1.165) is 30.1 Å². The number of carbonyl (C=O) groups is 2. The fourth-order valence-corrected chi connectivity index (χ4v) is 4.23. The van der Waals surface area contributed by atoms with Crippen molar-refractivity contribution in [2.45, 2.75) is 29.9 Å². The number of benzene rings is 2. The Morgan fingerprint density at radius 2 is 1.69 bits per heavy atom. The predicted octanol–water partition coefficient (Wildman–Crippen LogP) is 5.95.